The van der Waals surface area contributed by atoms with E-state index in [-0.39, 0.29) is 12.5 Å². The lowest BCUT2D eigenvalue weighted by Gasteiger charge is -2.42. The molecule has 2 aromatic rings. The van der Waals surface area contributed by atoms with Gasteiger partial charge < -0.3 is 15.1 Å². The summed E-state index contributed by atoms with van der Waals surface area (Å²) in [4.78, 5) is 13.8. The molecule has 0 radical (unpaired) electrons. The van der Waals surface area contributed by atoms with Gasteiger partial charge in [0.15, 0.2) is 0 Å². The van der Waals surface area contributed by atoms with Crippen molar-refractivity contribution in [2.45, 2.75) is 18.1 Å². The predicted molar refractivity (Wildman–Crippen MR) is 75.5 cm³/mol. The number of carbonyl (C=O) groups is 1. The summed E-state index contributed by atoms with van der Waals surface area (Å²) in [6, 6.07) is 9.08. The third kappa shape index (κ3) is 2.43. The Labute approximate surface area is 122 Å². The minimum Gasteiger partial charge on any atom is -0.388 e. The van der Waals surface area contributed by atoms with Gasteiger partial charge in [-0.15, -0.1) is 0 Å². The van der Waals surface area contributed by atoms with Crippen molar-refractivity contribution in [3.05, 3.63) is 53.9 Å². The van der Waals surface area contributed by atoms with E-state index in [0.29, 0.717) is 24.1 Å². The fourth-order valence-corrected chi connectivity index (χ4v) is 2.72. The van der Waals surface area contributed by atoms with Crippen molar-refractivity contribution in [3.8, 4) is 0 Å². The number of hydrogen-bond acceptors (Lipinski definition) is 4. The van der Waals surface area contributed by atoms with Gasteiger partial charge >= 0.3 is 0 Å². The van der Waals surface area contributed by atoms with Crippen LogP contribution in [0.15, 0.2) is 42.7 Å². The highest BCUT2D eigenvalue weighted by Crippen LogP contribution is 2.33. The Morgan fingerprint density at radius 2 is 2.14 bits per heavy atom. The lowest BCUT2D eigenvalue weighted by atomic mass is 9.82. The molecular formula is C15H17N3O3. The van der Waals surface area contributed by atoms with E-state index in [1.54, 1.807) is 12.1 Å². The van der Waals surface area contributed by atoms with Gasteiger partial charge in [-0.2, -0.15) is 5.10 Å². The second-order valence-electron chi connectivity index (χ2n) is 5.29. The topological polar surface area (TPSA) is 89.5 Å². The summed E-state index contributed by atoms with van der Waals surface area (Å²) in [5, 5.41) is 27.4. The SMILES string of the molecule is O=C(c1cn[nH]c1)N1CC[C@](O)(c2ccccc2)[C@@H](O)C1. The molecule has 1 aliphatic rings. The minimum absolute atomic E-state index is 0.0927. The van der Waals surface area contributed by atoms with Crippen LogP contribution in [0.1, 0.15) is 22.3 Å². The first-order valence-electron chi connectivity index (χ1n) is 6.85. The zero-order valence-corrected chi connectivity index (χ0v) is 11.4. The third-order valence-corrected chi connectivity index (χ3v) is 4.01. The Kier molecular flexibility index (Phi) is 3.48. The molecule has 1 amide bonds. The molecule has 1 aliphatic heterocycles. The second-order valence-corrected chi connectivity index (χ2v) is 5.29. The number of piperidine rings is 1. The number of rotatable bonds is 2. The molecule has 0 spiro atoms. The smallest absolute Gasteiger partial charge is 0.257 e. The average molecular weight is 287 g/mol. The Morgan fingerprint density at radius 3 is 2.76 bits per heavy atom. The number of nitrogens with zero attached hydrogens (tertiary/aromatic N) is 2. The van der Waals surface area contributed by atoms with Gasteiger partial charge in [0.25, 0.3) is 5.91 Å². The number of carbonyl (C=O) groups excluding carboxylic acids is 1. The monoisotopic (exact) mass is 287 g/mol. The van der Waals surface area contributed by atoms with Crippen molar-refractivity contribution in [3.63, 3.8) is 0 Å². The highest BCUT2D eigenvalue weighted by Gasteiger charge is 2.43. The maximum Gasteiger partial charge on any atom is 0.257 e. The predicted octanol–water partition coefficient (Wildman–Crippen LogP) is 0.504. The number of benzene rings is 1. The summed E-state index contributed by atoms with van der Waals surface area (Å²) >= 11 is 0. The number of aliphatic hydroxyl groups is 2. The Morgan fingerprint density at radius 1 is 1.38 bits per heavy atom. The van der Waals surface area contributed by atoms with Crippen LogP contribution in [0.25, 0.3) is 0 Å². The van der Waals surface area contributed by atoms with Crippen LogP contribution in [-0.4, -0.2) is 50.4 Å². The number of hydrogen-bond donors (Lipinski definition) is 3. The summed E-state index contributed by atoms with van der Waals surface area (Å²) in [7, 11) is 0. The zero-order valence-electron chi connectivity index (χ0n) is 11.4. The van der Waals surface area contributed by atoms with E-state index in [4.69, 9.17) is 0 Å². The van der Waals surface area contributed by atoms with Crippen LogP contribution in [0, 0.1) is 0 Å². The van der Waals surface area contributed by atoms with Gasteiger partial charge in [0.1, 0.15) is 11.7 Å². The van der Waals surface area contributed by atoms with E-state index in [1.807, 2.05) is 18.2 Å². The molecule has 1 saturated heterocycles. The molecule has 2 atom stereocenters. The van der Waals surface area contributed by atoms with Crippen LogP contribution >= 0.6 is 0 Å². The Balaban J connectivity index is 1.77. The molecule has 3 rings (SSSR count). The summed E-state index contributed by atoms with van der Waals surface area (Å²) in [5.41, 5.74) is -0.186. The van der Waals surface area contributed by atoms with Gasteiger partial charge in [-0.1, -0.05) is 30.3 Å². The second kappa shape index (κ2) is 5.31. The zero-order chi connectivity index (χ0) is 14.9. The summed E-state index contributed by atoms with van der Waals surface area (Å²) in [5.74, 6) is -0.196. The molecule has 6 heteroatoms. The van der Waals surface area contributed by atoms with Crippen LogP contribution in [-0.2, 0) is 5.60 Å². The molecule has 2 heterocycles. The van der Waals surface area contributed by atoms with Crippen molar-refractivity contribution < 1.29 is 15.0 Å². The molecule has 6 nitrogen and oxygen atoms in total. The number of β-amino-alcohol motifs (C(OH)–C–C–N with tert-alkyl or cyclic N) is 1. The third-order valence-electron chi connectivity index (χ3n) is 4.01. The van der Waals surface area contributed by atoms with Crippen LogP contribution < -0.4 is 0 Å². The summed E-state index contributed by atoms with van der Waals surface area (Å²) in [6.45, 7) is 0.474. The summed E-state index contributed by atoms with van der Waals surface area (Å²) < 4.78 is 0. The van der Waals surface area contributed by atoms with Crippen molar-refractivity contribution in [2.24, 2.45) is 0 Å². The lowest BCUT2D eigenvalue weighted by Crippen LogP contribution is -2.55. The average Bonchev–Trinajstić information content (AvgIpc) is 3.04. The fourth-order valence-electron chi connectivity index (χ4n) is 2.72. The first kappa shape index (κ1) is 13.8. The molecule has 0 aliphatic carbocycles. The molecule has 0 saturated carbocycles. The molecule has 1 aromatic carbocycles. The largest absolute Gasteiger partial charge is 0.388 e. The Bertz CT molecular complexity index is 614. The number of likely N-dealkylation sites (tertiary alicyclic amines) is 1. The molecule has 1 fully saturated rings. The molecule has 3 N–H and O–H groups in total. The van der Waals surface area contributed by atoms with Gasteiger partial charge in [-0.25, -0.2) is 0 Å². The summed E-state index contributed by atoms with van der Waals surface area (Å²) in [6.07, 6.45) is 2.24. The quantitative estimate of drug-likeness (QED) is 0.750. The van der Waals surface area contributed by atoms with Gasteiger partial charge in [0.05, 0.1) is 18.3 Å². The van der Waals surface area contributed by atoms with E-state index in [2.05, 4.69) is 10.2 Å². The van der Waals surface area contributed by atoms with Crippen molar-refractivity contribution in [1.82, 2.24) is 15.1 Å². The first-order valence-corrected chi connectivity index (χ1v) is 6.85. The first-order chi connectivity index (χ1) is 10.1. The highest BCUT2D eigenvalue weighted by atomic mass is 16.3. The highest BCUT2D eigenvalue weighted by molar-refractivity contribution is 5.93. The number of aromatic amines is 1. The molecule has 110 valence electrons. The van der Waals surface area contributed by atoms with Gasteiger partial charge in [-0.05, 0) is 5.56 Å². The fraction of sp³-hybridized carbons (Fsp3) is 0.333. The van der Waals surface area contributed by atoms with Crippen molar-refractivity contribution in [1.29, 1.82) is 0 Å². The van der Waals surface area contributed by atoms with Gasteiger partial charge in [0.2, 0.25) is 0 Å². The lowest BCUT2D eigenvalue weighted by molar-refractivity contribution is -0.118. The number of aliphatic hydroxyl groups excluding tert-OH is 1. The number of aromatic nitrogens is 2. The van der Waals surface area contributed by atoms with E-state index >= 15 is 0 Å². The van der Waals surface area contributed by atoms with Crippen LogP contribution in [0.3, 0.4) is 0 Å². The van der Waals surface area contributed by atoms with Crippen LogP contribution in [0.5, 0.6) is 0 Å². The number of nitrogens with one attached hydrogen (secondary N) is 1. The van der Waals surface area contributed by atoms with Crippen molar-refractivity contribution in [2.75, 3.05) is 13.1 Å². The maximum atomic E-state index is 12.2. The molecule has 21 heavy (non-hydrogen) atoms. The van der Waals surface area contributed by atoms with Crippen LogP contribution in [0.2, 0.25) is 0 Å². The standard InChI is InChI=1S/C15H17N3O3/c19-13-10-18(14(20)11-8-16-17-9-11)7-6-15(13,21)12-4-2-1-3-5-12/h1-5,8-9,13,19,21H,6-7,10H2,(H,16,17)/t13-,15-/m0/s1. The Hall–Kier alpha value is -2.18. The molecule has 1 aromatic heterocycles. The molecule has 0 unspecified atom stereocenters. The maximum absolute atomic E-state index is 12.2. The van der Waals surface area contributed by atoms with E-state index in [0.717, 1.165) is 0 Å². The normalized spacial score (nSPS) is 25.8. The van der Waals surface area contributed by atoms with Crippen LogP contribution in [0.4, 0.5) is 0 Å². The number of H-pyrrole nitrogens is 1. The molecule has 0 bridgehead atoms. The number of amides is 1. The molecular weight excluding hydrogens is 270 g/mol. The van der Waals surface area contributed by atoms with Gasteiger partial charge in [-0.3, -0.25) is 9.89 Å². The van der Waals surface area contributed by atoms with E-state index < -0.39 is 11.7 Å². The van der Waals surface area contributed by atoms with Gasteiger partial charge in [0, 0.05) is 19.2 Å². The van der Waals surface area contributed by atoms with E-state index in [1.165, 1.54) is 17.3 Å². The minimum atomic E-state index is -1.31. The van der Waals surface area contributed by atoms with E-state index in [9.17, 15) is 15.0 Å². The van der Waals surface area contributed by atoms with Crippen molar-refractivity contribution >= 4 is 5.91 Å².